The van der Waals surface area contributed by atoms with E-state index in [0.29, 0.717) is 26.3 Å². The van der Waals surface area contributed by atoms with Gasteiger partial charge in [-0.05, 0) is 44.5 Å². The standard InChI is InChI=1S/C21H30N4O2.HI/c1-5-22-21(24-15-19-8-6-7-17(3)25-19)23-14-18-10-9-16(2)13-20(18)27-12-11-26-4;/h6-10,13H,5,11-12,14-15H2,1-4H3,(H2,22,23,24);1H. The molecule has 28 heavy (non-hydrogen) atoms. The maximum absolute atomic E-state index is 5.85. The van der Waals surface area contributed by atoms with Crippen molar-refractivity contribution in [3.05, 3.63) is 58.9 Å². The number of pyridine rings is 1. The number of aryl methyl sites for hydroxylation is 2. The maximum atomic E-state index is 5.85. The largest absolute Gasteiger partial charge is 0.491 e. The van der Waals surface area contributed by atoms with Gasteiger partial charge in [-0.15, -0.1) is 24.0 Å². The molecule has 0 aliphatic rings. The van der Waals surface area contributed by atoms with Crippen LogP contribution in [-0.4, -0.2) is 37.8 Å². The Bertz CT molecular complexity index is 753. The summed E-state index contributed by atoms with van der Waals surface area (Å²) in [5, 5.41) is 6.60. The highest BCUT2D eigenvalue weighted by molar-refractivity contribution is 14.0. The van der Waals surface area contributed by atoms with Crippen molar-refractivity contribution < 1.29 is 9.47 Å². The first kappa shape index (κ1) is 24.2. The lowest BCUT2D eigenvalue weighted by Gasteiger charge is -2.13. The zero-order chi connectivity index (χ0) is 19.5. The summed E-state index contributed by atoms with van der Waals surface area (Å²) in [7, 11) is 1.67. The Morgan fingerprint density at radius 2 is 1.93 bits per heavy atom. The van der Waals surface area contributed by atoms with Gasteiger partial charge in [-0.3, -0.25) is 4.98 Å². The van der Waals surface area contributed by atoms with Gasteiger partial charge < -0.3 is 20.1 Å². The number of ether oxygens (including phenoxy) is 2. The second-order valence-corrected chi connectivity index (χ2v) is 6.27. The monoisotopic (exact) mass is 498 g/mol. The smallest absolute Gasteiger partial charge is 0.191 e. The van der Waals surface area contributed by atoms with E-state index in [1.165, 1.54) is 0 Å². The molecule has 0 unspecified atom stereocenters. The van der Waals surface area contributed by atoms with Crippen LogP contribution in [0.5, 0.6) is 5.75 Å². The van der Waals surface area contributed by atoms with E-state index in [9.17, 15) is 0 Å². The van der Waals surface area contributed by atoms with Gasteiger partial charge in [0, 0.05) is 24.9 Å². The Morgan fingerprint density at radius 3 is 2.64 bits per heavy atom. The summed E-state index contributed by atoms with van der Waals surface area (Å²) in [6.45, 7) is 9.11. The van der Waals surface area contributed by atoms with Gasteiger partial charge in [0.25, 0.3) is 0 Å². The number of hydrogen-bond acceptors (Lipinski definition) is 4. The van der Waals surface area contributed by atoms with Gasteiger partial charge in [0.15, 0.2) is 5.96 Å². The summed E-state index contributed by atoms with van der Waals surface area (Å²) in [4.78, 5) is 9.21. The predicted octanol–water partition coefficient (Wildman–Crippen LogP) is 3.60. The van der Waals surface area contributed by atoms with Crippen LogP contribution in [-0.2, 0) is 17.8 Å². The quantitative estimate of drug-likeness (QED) is 0.240. The summed E-state index contributed by atoms with van der Waals surface area (Å²) >= 11 is 0. The van der Waals surface area contributed by atoms with Crippen LogP contribution in [0.25, 0.3) is 0 Å². The van der Waals surface area contributed by atoms with Crippen molar-refractivity contribution in [3.63, 3.8) is 0 Å². The van der Waals surface area contributed by atoms with E-state index in [1.807, 2.05) is 38.1 Å². The van der Waals surface area contributed by atoms with Crippen LogP contribution in [0.3, 0.4) is 0 Å². The molecule has 0 fully saturated rings. The van der Waals surface area contributed by atoms with Crippen LogP contribution in [0.4, 0.5) is 0 Å². The molecule has 0 amide bonds. The SMILES string of the molecule is CCNC(=NCc1ccc(C)cc1OCCOC)NCc1cccc(C)n1.I. The lowest BCUT2D eigenvalue weighted by Crippen LogP contribution is -2.37. The Kier molecular flexibility index (Phi) is 11.5. The molecule has 0 spiro atoms. The van der Waals surface area contributed by atoms with Crippen LogP contribution in [0, 0.1) is 13.8 Å². The van der Waals surface area contributed by atoms with Crippen molar-refractivity contribution in [2.45, 2.75) is 33.9 Å². The average molecular weight is 498 g/mol. The molecule has 0 saturated carbocycles. The molecule has 2 N–H and O–H groups in total. The topological polar surface area (TPSA) is 67.8 Å². The first-order chi connectivity index (χ1) is 13.1. The van der Waals surface area contributed by atoms with Gasteiger partial charge in [-0.1, -0.05) is 18.2 Å². The van der Waals surface area contributed by atoms with Gasteiger partial charge >= 0.3 is 0 Å². The van der Waals surface area contributed by atoms with Crippen LogP contribution >= 0.6 is 24.0 Å². The molecular formula is C21H31IN4O2. The predicted molar refractivity (Wildman–Crippen MR) is 125 cm³/mol. The van der Waals surface area contributed by atoms with Gasteiger partial charge in [0.05, 0.1) is 25.4 Å². The summed E-state index contributed by atoms with van der Waals surface area (Å²) in [6, 6.07) is 12.2. The molecule has 0 saturated heterocycles. The zero-order valence-electron chi connectivity index (χ0n) is 17.1. The van der Waals surface area contributed by atoms with E-state index in [0.717, 1.165) is 40.8 Å². The average Bonchev–Trinajstić information content (AvgIpc) is 2.65. The minimum absolute atomic E-state index is 0. The number of nitrogens with zero attached hydrogens (tertiary/aromatic N) is 2. The molecule has 0 atom stereocenters. The highest BCUT2D eigenvalue weighted by Crippen LogP contribution is 2.21. The number of nitrogens with one attached hydrogen (secondary N) is 2. The minimum atomic E-state index is 0. The van der Waals surface area contributed by atoms with Crippen LogP contribution in [0.1, 0.15) is 29.4 Å². The summed E-state index contributed by atoms with van der Waals surface area (Å²) in [5.74, 6) is 1.61. The van der Waals surface area contributed by atoms with Crippen molar-refractivity contribution in [3.8, 4) is 5.75 Å². The van der Waals surface area contributed by atoms with E-state index in [1.54, 1.807) is 7.11 Å². The number of aromatic nitrogens is 1. The van der Waals surface area contributed by atoms with Crippen molar-refractivity contribution >= 4 is 29.9 Å². The van der Waals surface area contributed by atoms with E-state index < -0.39 is 0 Å². The molecule has 7 heteroatoms. The normalized spacial score (nSPS) is 10.9. The molecule has 1 heterocycles. The third kappa shape index (κ3) is 8.43. The molecule has 1 aromatic heterocycles. The Hall–Kier alpha value is -1.87. The zero-order valence-corrected chi connectivity index (χ0v) is 19.4. The van der Waals surface area contributed by atoms with E-state index in [2.05, 4.69) is 34.7 Å². The maximum Gasteiger partial charge on any atom is 0.191 e. The molecule has 0 radical (unpaired) electrons. The number of rotatable bonds is 9. The van der Waals surface area contributed by atoms with E-state index in [-0.39, 0.29) is 24.0 Å². The van der Waals surface area contributed by atoms with Gasteiger partial charge in [0.2, 0.25) is 0 Å². The van der Waals surface area contributed by atoms with Crippen molar-refractivity contribution in [2.75, 3.05) is 26.9 Å². The fourth-order valence-corrected chi connectivity index (χ4v) is 2.54. The number of benzene rings is 1. The summed E-state index contributed by atoms with van der Waals surface area (Å²) in [5.41, 5.74) is 4.20. The Balaban J connectivity index is 0.00000392. The number of hydrogen-bond donors (Lipinski definition) is 2. The van der Waals surface area contributed by atoms with Crippen LogP contribution in [0.2, 0.25) is 0 Å². The van der Waals surface area contributed by atoms with Crippen molar-refractivity contribution in [2.24, 2.45) is 4.99 Å². The summed E-state index contributed by atoms with van der Waals surface area (Å²) in [6.07, 6.45) is 0. The Labute approximate surface area is 185 Å². The second kappa shape index (κ2) is 13.3. The molecule has 6 nitrogen and oxygen atoms in total. The van der Waals surface area contributed by atoms with Gasteiger partial charge in [0.1, 0.15) is 12.4 Å². The number of aliphatic imine (C=N–C) groups is 1. The lowest BCUT2D eigenvalue weighted by atomic mass is 10.1. The minimum Gasteiger partial charge on any atom is -0.491 e. The highest BCUT2D eigenvalue weighted by Gasteiger charge is 2.06. The molecule has 2 aromatic rings. The summed E-state index contributed by atoms with van der Waals surface area (Å²) < 4.78 is 10.9. The highest BCUT2D eigenvalue weighted by atomic mass is 127. The first-order valence-electron chi connectivity index (χ1n) is 9.28. The van der Waals surface area contributed by atoms with Crippen LogP contribution < -0.4 is 15.4 Å². The molecule has 0 aliphatic carbocycles. The van der Waals surface area contributed by atoms with E-state index >= 15 is 0 Å². The van der Waals surface area contributed by atoms with E-state index in [4.69, 9.17) is 14.5 Å². The fraction of sp³-hybridized carbons (Fsp3) is 0.429. The van der Waals surface area contributed by atoms with Crippen molar-refractivity contribution in [1.82, 2.24) is 15.6 Å². The second-order valence-electron chi connectivity index (χ2n) is 6.27. The Morgan fingerprint density at radius 1 is 1.11 bits per heavy atom. The number of halogens is 1. The number of methoxy groups -OCH3 is 1. The molecule has 0 bridgehead atoms. The number of guanidine groups is 1. The lowest BCUT2D eigenvalue weighted by molar-refractivity contribution is 0.145. The van der Waals surface area contributed by atoms with Crippen molar-refractivity contribution in [1.29, 1.82) is 0 Å². The fourth-order valence-electron chi connectivity index (χ4n) is 2.54. The molecule has 2 rings (SSSR count). The third-order valence-corrected chi connectivity index (χ3v) is 3.90. The first-order valence-corrected chi connectivity index (χ1v) is 9.28. The molecule has 154 valence electrons. The molecule has 0 aliphatic heterocycles. The molecular weight excluding hydrogens is 467 g/mol. The third-order valence-electron chi connectivity index (χ3n) is 3.90. The van der Waals surface area contributed by atoms with Crippen LogP contribution in [0.15, 0.2) is 41.4 Å². The molecule has 1 aromatic carbocycles. The van der Waals surface area contributed by atoms with Gasteiger partial charge in [-0.25, -0.2) is 4.99 Å². The van der Waals surface area contributed by atoms with Gasteiger partial charge in [-0.2, -0.15) is 0 Å².